The molecule has 2 rings (SSSR count). The molecule has 1 atom stereocenters. The van der Waals surface area contributed by atoms with E-state index in [2.05, 4.69) is 17.0 Å². The van der Waals surface area contributed by atoms with Crippen LogP contribution in [-0.4, -0.2) is 49.5 Å². The zero-order chi connectivity index (χ0) is 17.2. The molecule has 0 fully saturated rings. The third kappa shape index (κ3) is 6.32. The lowest BCUT2D eigenvalue weighted by molar-refractivity contribution is 0.0540. The van der Waals surface area contributed by atoms with Crippen molar-refractivity contribution in [2.45, 2.75) is 19.6 Å². The lowest BCUT2D eigenvalue weighted by Gasteiger charge is -2.25. The van der Waals surface area contributed by atoms with E-state index in [9.17, 15) is 5.11 Å². The highest BCUT2D eigenvalue weighted by atomic mass is 16.5. The van der Waals surface area contributed by atoms with Crippen molar-refractivity contribution in [1.82, 2.24) is 4.90 Å². The number of aryl methyl sites for hydroxylation is 1. The zero-order valence-electron chi connectivity index (χ0n) is 14.5. The van der Waals surface area contributed by atoms with Gasteiger partial charge in [0.1, 0.15) is 18.5 Å². The molecule has 0 heterocycles. The maximum Gasteiger partial charge on any atom is 0.122 e. The van der Waals surface area contributed by atoms with Gasteiger partial charge in [-0.3, -0.25) is 4.90 Å². The number of hydrogen-bond donors (Lipinski definition) is 1. The number of aliphatic hydroxyl groups excluding tert-OH is 1. The largest absolute Gasteiger partial charge is 0.491 e. The van der Waals surface area contributed by atoms with Crippen molar-refractivity contribution in [2.75, 3.05) is 33.4 Å². The van der Waals surface area contributed by atoms with E-state index < -0.39 is 6.10 Å². The normalized spacial score (nSPS) is 12.3. The number of methoxy groups -OCH3 is 1. The van der Waals surface area contributed by atoms with Crippen LogP contribution >= 0.6 is 0 Å². The Morgan fingerprint density at radius 3 is 2.46 bits per heavy atom. The molecule has 130 valence electrons. The molecular formula is C20H27NO3. The van der Waals surface area contributed by atoms with Crippen LogP contribution in [0.5, 0.6) is 5.75 Å². The molecule has 0 aromatic heterocycles. The van der Waals surface area contributed by atoms with Crippen LogP contribution in [0.3, 0.4) is 0 Å². The highest BCUT2D eigenvalue weighted by Gasteiger charge is 2.13. The molecule has 0 saturated heterocycles. The first kappa shape index (κ1) is 18.5. The molecule has 24 heavy (non-hydrogen) atoms. The Morgan fingerprint density at radius 2 is 1.75 bits per heavy atom. The zero-order valence-corrected chi connectivity index (χ0v) is 14.5. The van der Waals surface area contributed by atoms with Crippen LogP contribution in [0.2, 0.25) is 0 Å². The van der Waals surface area contributed by atoms with Gasteiger partial charge in [-0.25, -0.2) is 0 Å². The van der Waals surface area contributed by atoms with Gasteiger partial charge in [0.2, 0.25) is 0 Å². The first-order valence-corrected chi connectivity index (χ1v) is 8.30. The van der Waals surface area contributed by atoms with Crippen molar-refractivity contribution in [2.24, 2.45) is 0 Å². The van der Waals surface area contributed by atoms with E-state index in [0.717, 1.165) is 24.4 Å². The number of rotatable bonds is 10. The molecule has 0 amide bonds. The van der Waals surface area contributed by atoms with Crippen LogP contribution in [-0.2, 0) is 11.3 Å². The summed E-state index contributed by atoms with van der Waals surface area (Å²) in [7, 11) is 1.69. The van der Waals surface area contributed by atoms with E-state index in [4.69, 9.17) is 9.47 Å². The Bertz CT molecular complexity index is 588. The van der Waals surface area contributed by atoms with Crippen LogP contribution in [0.4, 0.5) is 0 Å². The van der Waals surface area contributed by atoms with E-state index in [0.29, 0.717) is 13.2 Å². The number of benzene rings is 2. The second-order valence-electron chi connectivity index (χ2n) is 5.94. The molecule has 0 spiro atoms. The highest BCUT2D eigenvalue weighted by molar-refractivity contribution is 5.31. The van der Waals surface area contributed by atoms with Gasteiger partial charge in [0, 0.05) is 26.7 Å². The molecule has 4 nitrogen and oxygen atoms in total. The van der Waals surface area contributed by atoms with Crippen molar-refractivity contribution in [3.05, 3.63) is 65.7 Å². The van der Waals surface area contributed by atoms with E-state index in [-0.39, 0.29) is 6.61 Å². The lowest BCUT2D eigenvalue weighted by atomic mass is 10.2. The summed E-state index contributed by atoms with van der Waals surface area (Å²) in [4.78, 5) is 2.19. The summed E-state index contributed by atoms with van der Waals surface area (Å²) in [5.74, 6) is 0.822. The molecule has 2 aromatic carbocycles. The third-order valence-corrected chi connectivity index (χ3v) is 3.85. The Hall–Kier alpha value is -1.88. The van der Waals surface area contributed by atoms with Crippen molar-refractivity contribution in [3.63, 3.8) is 0 Å². The van der Waals surface area contributed by atoms with Crippen LogP contribution in [0, 0.1) is 6.92 Å². The Balaban J connectivity index is 1.86. The van der Waals surface area contributed by atoms with Gasteiger partial charge in [0.15, 0.2) is 0 Å². The van der Waals surface area contributed by atoms with Crippen LogP contribution < -0.4 is 4.74 Å². The molecule has 0 saturated carbocycles. The van der Waals surface area contributed by atoms with Gasteiger partial charge in [-0.2, -0.15) is 0 Å². The number of aliphatic hydroxyl groups is 1. The van der Waals surface area contributed by atoms with Gasteiger partial charge in [-0.05, 0) is 24.1 Å². The van der Waals surface area contributed by atoms with Crippen LogP contribution in [0.15, 0.2) is 54.6 Å². The quantitative estimate of drug-likeness (QED) is 0.728. The smallest absolute Gasteiger partial charge is 0.122 e. The fourth-order valence-electron chi connectivity index (χ4n) is 2.55. The van der Waals surface area contributed by atoms with Gasteiger partial charge in [-0.15, -0.1) is 0 Å². The minimum absolute atomic E-state index is 0.281. The second kappa shape index (κ2) is 10.1. The van der Waals surface area contributed by atoms with Gasteiger partial charge in [0.05, 0.1) is 6.61 Å². The summed E-state index contributed by atoms with van der Waals surface area (Å²) in [6.45, 7) is 5.02. The summed E-state index contributed by atoms with van der Waals surface area (Å²) in [5.41, 5.74) is 2.30. The molecule has 0 radical (unpaired) electrons. The van der Waals surface area contributed by atoms with Gasteiger partial charge < -0.3 is 14.6 Å². The van der Waals surface area contributed by atoms with Gasteiger partial charge in [-0.1, -0.05) is 48.5 Å². The van der Waals surface area contributed by atoms with Crippen LogP contribution in [0.25, 0.3) is 0 Å². The number of ether oxygens (including phenoxy) is 2. The summed E-state index contributed by atoms with van der Waals surface area (Å²) in [6.07, 6.45) is -0.551. The van der Waals surface area contributed by atoms with E-state index in [1.54, 1.807) is 7.11 Å². The summed E-state index contributed by atoms with van der Waals surface area (Å²) < 4.78 is 10.9. The molecule has 0 aliphatic heterocycles. The van der Waals surface area contributed by atoms with E-state index in [1.807, 2.05) is 49.4 Å². The average molecular weight is 329 g/mol. The fraction of sp³-hybridized carbons (Fsp3) is 0.400. The molecule has 0 unspecified atom stereocenters. The second-order valence-corrected chi connectivity index (χ2v) is 5.94. The minimum atomic E-state index is -0.551. The Labute approximate surface area is 144 Å². The Kier molecular flexibility index (Phi) is 7.75. The van der Waals surface area contributed by atoms with Crippen molar-refractivity contribution < 1.29 is 14.6 Å². The number of nitrogens with zero attached hydrogens (tertiary/aromatic N) is 1. The van der Waals surface area contributed by atoms with E-state index in [1.165, 1.54) is 5.56 Å². The summed E-state index contributed by atoms with van der Waals surface area (Å²) in [6, 6.07) is 18.1. The first-order chi connectivity index (χ1) is 11.7. The average Bonchev–Trinajstić information content (AvgIpc) is 2.60. The summed E-state index contributed by atoms with van der Waals surface area (Å²) in [5, 5.41) is 10.3. The summed E-state index contributed by atoms with van der Waals surface area (Å²) >= 11 is 0. The maximum absolute atomic E-state index is 10.3. The molecule has 1 N–H and O–H groups in total. The Morgan fingerprint density at radius 1 is 1.04 bits per heavy atom. The SMILES string of the molecule is COCCN(Cc1ccccc1)C[C@H](O)COc1ccccc1C. The molecular weight excluding hydrogens is 302 g/mol. The molecule has 0 aliphatic rings. The number of para-hydroxylation sites is 1. The van der Waals surface area contributed by atoms with Crippen LogP contribution in [0.1, 0.15) is 11.1 Å². The van der Waals surface area contributed by atoms with E-state index >= 15 is 0 Å². The van der Waals surface area contributed by atoms with Gasteiger partial charge in [0.25, 0.3) is 0 Å². The number of hydrogen-bond acceptors (Lipinski definition) is 4. The molecule has 4 heteroatoms. The molecule has 0 aliphatic carbocycles. The van der Waals surface area contributed by atoms with Crippen molar-refractivity contribution >= 4 is 0 Å². The topological polar surface area (TPSA) is 41.9 Å². The van der Waals surface area contributed by atoms with Gasteiger partial charge >= 0.3 is 0 Å². The first-order valence-electron chi connectivity index (χ1n) is 8.30. The molecule has 0 bridgehead atoms. The predicted molar refractivity (Wildman–Crippen MR) is 96.3 cm³/mol. The molecule has 2 aromatic rings. The van der Waals surface area contributed by atoms with Crippen molar-refractivity contribution in [3.8, 4) is 5.75 Å². The van der Waals surface area contributed by atoms with Crippen molar-refractivity contribution in [1.29, 1.82) is 0 Å². The maximum atomic E-state index is 10.3. The predicted octanol–water partition coefficient (Wildman–Crippen LogP) is 2.88. The standard InChI is InChI=1S/C20H27NO3/c1-17-8-6-7-11-20(17)24-16-19(22)15-21(12-13-23-2)14-18-9-4-3-5-10-18/h3-11,19,22H,12-16H2,1-2H3/t19-/m0/s1. The monoisotopic (exact) mass is 329 g/mol. The highest BCUT2D eigenvalue weighted by Crippen LogP contribution is 2.16. The minimum Gasteiger partial charge on any atom is -0.491 e. The lowest BCUT2D eigenvalue weighted by Crippen LogP contribution is -2.37. The fourth-order valence-corrected chi connectivity index (χ4v) is 2.55. The third-order valence-electron chi connectivity index (χ3n) is 3.85.